The number of aromatic nitrogens is 5. The molecule has 4 heterocycles. The fourth-order valence-corrected chi connectivity index (χ4v) is 3.68. The average molecular weight is 352 g/mol. The Morgan fingerprint density at radius 2 is 2.15 bits per heavy atom. The number of aliphatic hydroxyl groups is 1. The van der Waals surface area contributed by atoms with Gasteiger partial charge in [-0.3, -0.25) is 5.10 Å². The zero-order valence-electron chi connectivity index (χ0n) is 14.1. The van der Waals surface area contributed by atoms with E-state index in [1.165, 1.54) is 12.1 Å². The van der Waals surface area contributed by atoms with E-state index in [-0.39, 0.29) is 11.9 Å². The van der Waals surface area contributed by atoms with Crippen LogP contribution < -0.4 is 4.90 Å². The number of fused-ring (bicyclic) bond motifs is 3. The van der Waals surface area contributed by atoms with E-state index in [2.05, 4.69) is 20.2 Å². The zero-order valence-corrected chi connectivity index (χ0v) is 14.1. The van der Waals surface area contributed by atoms with Crippen LogP contribution >= 0.6 is 0 Å². The Bertz CT molecular complexity index is 1130. The highest BCUT2D eigenvalue weighted by molar-refractivity contribution is 6.06. The number of hydrogen-bond donors (Lipinski definition) is 2. The van der Waals surface area contributed by atoms with Crippen LogP contribution in [0, 0.1) is 12.7 Å². The van der Waals surface area contributed by atoms with E-state index < -0.39 is 0 Å². The van der Waals surface area contributed by atoms with Crippen LogP contribution in [0.25, 0.3) is 27.6 Å². The number of aryl methyl sites for hydroxylation is 1. The third-order valence-electron chi connectivity index (χ3n) is 4.96. The highest BCUT2D eigenvalue weighted by Gasteiger charge is 2.23. The van der Waals surface area contributed by atoms with E-state index in [0.717, 1.165) is 46.3 Å². The van der Waals surface area contributed by atoms with E-state index in [0.29, 0.717) is 12.5 Å². The Morgan fingerprint density at radius 1 is 1.27 bits per heavy atom. The first-order chi connectivity index (χ1) is 12.6. The van der Waals surface area contributed by atoms with Crippen molar-refractivity contribution in [1.29, 1.82) is 0 Å². The Kier molecular flexibility index (Phi) is 3.23. The zero-order chi connectivity index (χ0) is 17.8. The molecule has 0 bridgehead atoms. The molecule has 0 saturated carbocycles. The van der Waals surface area contributed by atoms with Gasteiger partial charge in [0.05, 0.1) is 46.4 Å². The fraction of sp³-hybridized carbons (Fsp3) is 0.278. The summed E-state index contributed by atoms with van der Waals surface area (Å²) in [7, 11) is 0. The van der Waals surface area contributed by atoms with Crippen molar-refractivity contribution in [2.75, 3.05) is 18.0 Å². The minimum Gasteiger partial charge on any atom is -0.391 e. The molecule has 8 heteroatoms. The van der Waals surface area contributed by atoms with E-state index in [1.54, 1.807) is 18.5 Å². The van der Waals surface area contributed by atoms with Gasteiger partial charge in [-0.15, -0.1) is 0 Å². The van der Waals surface area contributed by atoms with Gasteiger partial charge in [-0.2, -0.15) is 5.10 Å². The lowest BCUT2D eigenvalue weighted by Gasteiger charge is -2.17. The number of benzene rings is 1. The molecule has 0 unspecified atom stereocenters. The number of nitrogens with zero attached hydrogens (tertiary/aromatic N) is 5. The second kappa shape index (κ2) is 5.50. The lowest BCUT2D eigenvalue weighted by Crippen LogP contribution is -2.23. The Morgan fingerprint density at radius 3 is 2.92 bits per heavy atom. The molecule has 1 aliphatic rings. The maximum atomic E-state index is 13.7. The summed E-state index contributed by atoms with van der Waals surface area (Å²) in [4.78, 5) is 11.1. The summed E-state index contributed by atoms with van der Waals surface area (Å²) in [6.45, 7) is 3.22. The summed E-state index contributed by atoms with van der Waals surface area (Å²) in [5, 5.41) is 17.5. The molecule has 0 spiro atoms. The van der Waals surface area contributed by atoms with E-state index in [9.17, 15) is 9.50 Å². The highest BCUT2D eigenvalue weighted by Crippen LogP contribution is 2.32. The molecule has 132 valence electrons. The van der Waals surface area contributed by atoms with Gasteiger partial charge in [0.1, 0.15) is 5.82 Å². The first-order valence-corrected chi connectivity index (χ1v) is 8.52. The molecule has 1 saturated heterocycles. The topological polar surface area (TPSA) is 82.9 Å². The van der Waals surface area contributed by atoms with Crippen LogP contribution in [0.1, 0.15) is 12.1 Å². The van der Waals surface area contributed by atoms with Crippen molar-refractivity contribution in [1.82, 2.24) is 24.7 Å². The third-order valence-corrected chi connectivity index (χ3v) is 4.96. The maximum Gasteiger partial charge on any atom is 0.225 e. The number of hydrogen-bond acceptors (Lipinski definition) is 5. The van der Waals surface area contributed by atoms with Crippen molar-refractivity contribution in [3.05, 3.63) is 42.1 Å². The van der Waals surface area contributed by atoms with Crippen LogP contribution in [-0.2, 0) is 0 Å². The molecular weight excluding hydrogens is 335 g/mol. The number of rotatable bonds is 2. The summed E-state index contributed by atoms with van der Waals surface area (Å²) < 4.78 is 15.7. The van der Waals surface area contributed by atoms with Gasteiger partial charge in [-0.05, 0) is 31.5 Å². The van der Waals surface area contributed by atoms with E-state index in [4.69, 9.17) is 0 Å². The monoisotopic (exact) mass is 352 g/mol. The molecule has 0 aliphatic carbocycles. The predicted molar refractivity (Wildman–Crippen MR) is 96.0 cm³/mol. The van der Waals surface area contributed by atoms with Crippen LogP contribution in [0.15, 0.2) is 30.6 Å². The number of β-amino-alcohol motifs (C(OH)–C–C–N with tert-alkyl or cyclic N) is 1. The first kappa shape index (κ1) is 15.3. The second-order valence-corrected chi connectivity index (χ2v) is 6.66. The Balaban J connectivity index is 1.68. The molecule has 26 heavy (non-hydrogen) atoms. The lowest BCUT2D eigenvalue weighted by molar-refractivity contribution is 0.198. The second-order valence-electron chi connectivity index (χ2n) is 6.66. The van der Waals surface area contributed by atoms with Gasteiger partial charge in [0.2, 0.25) is 5.95 Å². The standard InChI is InChI=1S/C18H17FN6O/c1-10-15(7-20-18(22-10)24-5-4-12(26)9-24)25-14-3-2-11(19)6-13(14)17-16(25)8-21-23-17/h2-3,6-8,12,26H,4-5,9H2,1H3,(H,21,23)/t12-/m0/s1. The van der Waals surface area contributed by atoms with Gasteiger partial charge in [0.15, 0.2) is 0 Å². The molecular formula is C18H17FN6O. The normalized spacial score (nSPS) is 17.7. The smallest absolute Gasteiger partial charge is 0.225 e. The molecule has 0 radical (unpaired) electrons. The molecule has 3 aromatic heterocycles. The molecule has 0 amide bonds. The number of nitrogens with one attached hydrogen (secondary N) is 1. The SMILES string of the molecule is Cc1nc(N2CC[C@H](O)C2)ncc1-n1c2ccc(F)cc2c2[nH]ncc21. The van der Waals surface area contributed by atoms with Gasteiger partial charge >= 0.3 is 0 Å². The van der Waals surface area contributed by atoms with Crippen molar-refractivity contribution in [2.24, 2.45) is 0 Å². The third kappa shape index (κ3) is 2.19. The van der Waals surface area contributed by atoms with E-state index in [1.807, 2.05) is 16.4 Å². The summed E-state index contributed by atoms with van der Waals surface area (Å²) in [6, 6.07) is 4.70. The maximum absolute atomic E-state index is 13.7. The van der Waals surface area contributed by atoms with Crippen LogP contribution in [0.2, 0.25) is 0 Å². The lowest BCUT2D eigenvalue weighted by atomic mass is 10.2. The van der Waals surface area contributed by atoms with Crippen molar-refractivity contribution in [2.45, 2.75) is 19.4 Å². The number of aromatic amines is 1. The predicted octanol–water partition coefficient (Wildman–Crippen LogP) is 2.32. The highest BCUT2D eigenvalue weighted by atomic mass is 19.1. The number of aliphatic hydroxyl groups excluding tert-OH is 1. The van der Waals surface area contributed by atoms with Gasteiger partial charge in [0.25, 0.3) is 0 Å². The molecule has 7 nitrogen and oxygen atoms in total. The van der Waals surface area contributed by atoms with Crippen LogP contribution in [0.5, 0.6) is 0 Å². The van der Waals surface area contributed by atoms with Gasteiger partial charge in [0, 0.05) is 18.5 Å². The largest absolute Gasteiger partial charge is 0.391 e. The molecule has 4 aromatic rings. The quantitative estimate of drug-likeness (QED) is 0.578. The molecule has 5 rings (SSSR count). The minimum atomic E-state index is -0.326. The molecule has 1 atom stereocenters. The number of anilines is 1. The summed E-state index contributed by atoms with van der Waals surface area (Å²) in [6.07, 6.45) is 3.90. The summed E-state index contributed by atoms with van der Waals surface area (Å²) in [5.74, 6) is 0.329. The number of H-pyrrole nitrogens is 1. The molecule has 1 aromatic carbocycles. The van der Waals surface area contributed by atoms with Crippen LogP contribution in [-0.4, -0.2) is 49.0 Å². The van der Waals surface area contributed by atoms with E-state index >= 15 is 0 Å². The van der Waals surface area contributed by atoms with Crippen molar-refractivity contribution >= 4 is 27.9 Å². The van der Waals surface area contributed by atoms with Gasteiger partial charge < -0.3 is 14.6 Å². The average Bonchev–Trinajstić information content (AvgIpc) is 3.31. The molecule has 1 fully saturated rings. The fourth-order valence-electron chi connectivity index (χ4n) is 3.68. The Hall–Kier alpha value is -3.00. The van der Waals surface area contributed by atoms with Crippen molar-refractivity contribution < 1.29 is 9.50 Å². The van der Waals surface area contributed by atoms with Gasteiger partial charge in [-0.1, -0.05) is 0 Å². The van der Waals surface area contributed by atoms with Gasteiger partial charge in [-0.25, -0.2) is 14.4 Å². The summed E-state index contributed by atoms with van der Waals surface area (Å²) >= 11 is 0. The minimum absolute atomic E-state index is 0.290. The first-order valence-electron chi connectivity index (χ1n) is 8.52. The van der Waals surface area contributed by atoms with Crippen molar-refractivity contribution in [3.63, 3.8) is 0 Å². The van der Waals surface area contributed by atoms with Crippen LogP contribution in [0.4, 0.5) is 10.3 Å². The number of halogens is 1. The van der Waals surface area contributed by atoms with Crippen LogP contribution in [0.3, 0.4) is 0 Å². The Labute approximate surface area is 148 Å². The van der Waals surface area contributed by atoms with Crippen molar-refractivity contribution in [3.8, 4) is 5.69 Å². The summed E-state index contributed by atoms with van der Waals surface area (Å²) in [5.41, 5.74) is 4.13. The molecule has 1 aliphatic heterocycles. The molecule has 2 N–H and O–H groups in total.